The summed E-state index contributed by atoms with van der Waals surface area (Å²) in [6.07, 6.45) is 5.18. The van der Waals surface area contributed by atoms with Gasteiger partial charge in [-0.3, -0.25) is 0 Å². The van der Waals surface area contributed by atoms with Crippen LogP contribution < -0.4 is 9.64 Å². The minimum atomic E-state index is 0.685. The smallest absolute Gasteiger partial charge is 0.228 e. The summed E-state index contributed by atoms with van der Waals surface area (Å²) in [7, 11) is 0. The van der Waals surface area contributed by atoms with E-state index in [1.54, 1.807) is 6.20 Å². The van der Waals surface area contributed by atoms with Crippen molar-refractivity contribution in [2.75, 3.05) is 29.9 Å². The van der Waals surface area contributed by atoms with Gasteiger partial charge in [-0.15, -0.1) is 0 Å². The highest BCUT2D eigenvalue weighted by molar-refractivity contribution is 9.09. The summed E-state index contributed by atoms with van der Waals surface area (Å²) in [6.45, 7) is 4.87. The summed E-state index contributed by atoms with van der Waals surface area (Å²) < 4.78 is 5.54. The highest BCUT2D eigenvalue weighted by Gasteiger charge is 2.20. The molecule has 0 amide bonds. The molecular weight excluding hydrogens is 294 g/mol. The first kappa shape index (κ1) is 13.6. The third kappa shape index (κ3) is 3.57. The third-order valence-corrected chi connectivity index (χ3v) is 4.10. The molecule has 1 saturated heterocycles. The second-order valence-corrected chi connectivity index (χ2v) is 5.28. The Morgan fingerprint density at radius 3 is 2.89 bits per heavy atom. The maximum atomic E-state index is 5.54. The molecule has 0 spiro atoms. The number of hydrogen-bond acceptors (Lipinski definition) is 4. The molecule has 1 aromatic rings. The lowest BCUT2D eigenvalue weighted by Crippen LogP contribution is -2.35. The molecule has 18 heavy (non-hydrogen) atoms. The molecule has 0 aliphatic carbocycles. The maximum Gasteiger partial charge on any atom is 0.228 e. The topological polar surface area (TPSA) is 38.2 Å². The summed E-state index contributed by atoms with van der Waals surface area (Å²) >= 11 is 3.56. The van der Waals surface area contributed by atoms with Crippen molar-refractivity contribution in [1.82, 2.24) is 9.97 Å². The fourth-order valence-electron chi connectivity index (χ4n) is 2.06. The number of ether oxygens (including phenoxy) is 1. The van der Waals surface area contributed by atoms with Gasteiger partial charge in [0.1, 0.15) is 0 Å². The zero-order valence-electron chi connectivity index (χ0n) is 10.8. The molecule has 1 aliphatic rings. The Labute approximate surface area is 117 Å². The summed E-state index contributed by atoms with van der Waals surface area (Å²) in [5, 5.41) is 1.10. The number of nitrogens with zero attached hydrogens (tertiary/aromatic N) is 3. The van der Waals surface area contributed by atoms with Crippen LogP contribution in [0.1, 0.15) is 26.2 Å². The van der Waals surface area contributed by atoms with Gasteiger partial charge in [-0.25, -0.2) is 4.98 Å². The number of rotatable bonds is 5. The number of anilines is 1. The molecule has 1 aromatic heterocycles. The van der Waals surface area contributed by atoms with Crippen molar-refractivity contribution in [3.8, 4) is 5.88 Å². The van der Waals surface area contributed by atoms with Crippen molar-refractivity contribution in [3.05, 3.63) is 12.3 Å². The van der Waals surface area contributed by atoms with Gasteiger partial charge in [0.15, 0.2) is 0 Å². The second kappa shape index (κ2) is 6.92. The lowest BCUT2D eigenvalue weighted by molar-refractivity contribution is 0.304. The number of hydrogen-bond donors (Lipinski definition) is 0. The molecule has 0 atom stereocenters. The predicted molar refractivity (Wildman–Crippen MR) is 76.5 cm³/mol. The molecule has 0 N–H and O–H groups in total. The van der Waals surface area contributed by atoms with Crippen LogP contribution in [0.3, 0.4) is 0 Å². The zero-order valence-corrected chi connectivity index (χ0v) is 12.4. The Balaban J connectivity index is 1.96. The summed E-state index contributed by atoms with van der Waals surface area (Å²) in [6, 6.07) is 1.82. The molecular formula is C13H20BrN3O. The molecule has 1 fully saturated rings. The Morgan fingerprint density at radius 2 is 2.22 bits per heavy atom. The van der Waals surface area contributed by atoms with E-state index in [0.29, 0.717) is 12.5 Å². The largest absolute Gasteiger partial charge is 0.478 e. The Morgan fingerprint density at radius 1 is 1.44 bits per heavy atom. The van der Waals surface area contributed by atoms with Crippen molar-refractivity contribution < 1.29 is 4.74 Å². The van der Waals surface area contributed by atoms with Crippen molar-refractivity contribution in [1.29, 1.82) is 0 Å². The van der Waals surface area contributed by atoms with Crippen molar-refractivity contribution in [3.63, 3.8) is 0 Å². The van der Waals surface area contributed by atoms with E-state index >= 15 is 0 Å². The fraction of sp³-hybridized carbons (Fsp3) is 0.692. The number of aromatic nitrogens is 2. The molecule has 2 rings (SSSR count). The van der Waals surface area contributed by atoms with Crippen molar-refractivity contribution in [2.24, 2.45) is 5.92 Å². The third-order valence-electron chi connectivity index (χ3n) is 3.19. The van der Waals surface area contributed by atoms with Crippen LogP contribution in [0.5, 0.6) is 5.88 Å². The van der Waals surface area contributed by atoms with Gasteiger partial charge in [0, 0.05) is 30.7 Å². The van der Waals surface area contributed by atoms with Gasteiger partial charge in [-0.2, -0.15) is 4.98 Å². The molecule has 4 nitrogen and oxygen atoms in total. The van der Waals surface area contributed by atoms with Gasteiger partial charge in [-0.1, -0.05) is 22.9 Å². The van der Waals surface area contributed by atoms with E-state index in [1.165, 1.54) is 12.8 Å². The first-order chi connectivity index (χ1) is 8.83. The van der Waals surface area contributed by atoms with Gasteiger partial charge in [0.2, 0.25) is 11.8 Å². The average Bonchev–Trinajstić information content (AvgIpc) is 2.45. The van der Waals surface area contributed by atoms with Crippen LogP contribution in [0.4, 0.5) is 5.95 Å². The van der Waals surface area contributed by atoms with Gasteiger partial charge in [0.05, 0.1) is 6.61 Å². The van der Waals surface area contributed by atoms with Crippen LogP contribution in [0.2, 0.25) is 0 Å². The van der Waals surface area contributed by atoms with E-state index in [1.807, 2.05) is 6.07 Å². The number of alkyl halides is 1. The van der Waals surface area contributed by atoms with Crippen LogP contribution in [0.15, 0.2) is 12.3 Å². The normalized spacial score (nSPS) is 16.9. The lowest BCUT2D eigenvalue weighted by Gasteiger charge is -2.31. The van der Waals surface area contributed by atoms with E-state index in [0.717, 1.165) is 36.7 Å². The minimum Gasteiger partial charge on any atom is -0.478 e. The van der Waals surface area contributed by atoms with Gasteiger partial charge in [-0.05, 0) is 25.2 Å². The lowest BCUT2D eigenvalue weighted by atomic mass is 9.99. The number of halogens is 1. The van der Waals surface area contributed by atoms with Gasteiger partial charge >= 0.3 is 0 Å². The van der Waals surface area contributed by atoms with Crippen LogP contribution >= 0.6 is 15.9 Å². The van der Waals surface area contributed by atoms with E-state index in [4.69, 9.17) is 4.74 Å². The van der Waals surface area contributed by atoms with Crippen LogP contribution in [0, 0.1) is 5.92 Å². The highest BCUT2D eigenvalue weighted by atomic mass is 79.9. The minimum absolute atomic E-state index is 0.685. The quantitative estimate of drug-likeness (QED) is 0.783. The van der Waals surface area contributed by atoms with E-state index in [9.17, 15) is 0 Å². The van der Waals surface area contributed by atoms with Crippen LogP contribution in [-0.4, -0.2) is 35.0 Å². The first-order valence-electron chi connectivity index (χ1n) is 6.60. The molecule has 0 bridgehead atoms. The summed E-state index contributed by atoms with van der Waals surface area (Å²) in [5.41, 5.74) is 0. The van der Waals surface area contributed by atoms with Gasteiger partial charge < -0.3 is 9.64 Å². The summed E-state index contributed by atoms with van der Waals surface area (Å²) in [5.74, 6) is 2.28. The summed E-state index contributed by atoms with van der Waals surface area (Å²) in [4.78, 5) is 11.1. The zero-order chi connectivity index (χ0) is 12.8. The number of piperidine rings is 1. The fourth-order valence-corrected chi connectivity index (χ4v) is 2.71. The van der Waals surface area contributed by atoms with Gasteiger partial charge in [0.25, 0.3) is 0 Å². The maximum absolute atomic E-state index is 5.54. The van der Waals surface area contributed by atoms with Crippen molar-refractivity contribution in [2.45, 2.75) is 26.2 Å². The van der Waals surface area contributed by atoms with Crippen LogP contribution in [0.25, 0.3) is 0 Å². The average molecular weight is 314 g/mol. The van der Waals surface area contributed by atoms with E-state index in [2.05, 4.69) is 37.7 Å². The molecule has 0 aromatic carbocycles. The first-order valence-corrected chi connectivity index (χ1v) is 7.72. The predicted octanol–water partition coefficient (Wildman–Crippen LogP) is 2.88. The molecule has 0 radical (unpaired) electrons. The molecule has 5 heteroatoms. The standard InChI is InChI=1S/C13H20BrN3O/c1-2-9-18-12-3-6-15-13(16-12)17-7-4-11(10-14)5-8-17/h3,6,11H,2,4-5,7-10H2,1H3. The monoisotopic (exact) mass is 313 g/mol. The molecule has 1 aliphatic heterocycles. The highest BCUT2D eigenvalue weighted by Crippen LogP contribution is 2.22. The molecule has 2 heterocycles. The Hall–Kier alpha value is -0.840. The second-order valence-electron chi connectivity index (χ2n) is 4.63. The Bertz CT molecular complexity index is 367. The SMILES string of the molecule is CCCOc1ccnc(N2CCC(CBr)CC2)n1. The van der Waals surface area contributed by atoms with Crippen LogP contribution in [-0.2, 0) is 0 Å². The Kier molecular flexibility index (Phi) is 5.23. The van der Waals surface area contributed by atoms with E-state index < -0.39 is 0 Å². The molecule has 0 unspecified atom stereocenters. The molecule has 100 valence electrons. The van der Waals surface area contributed by atoms with E-state index in [-0.39, 0.29) is 0 Å². The molecule has 0 saturated carbocycles. The van der Waals surface area contributed by atoms with Crippen molar-refractivity contribution >= 4 is 21.9 Å².